The van der Waals surface area contributed by atoms with Crippen LogP contribution in [0.1, 0.15) is 19.8 Å². The Morgan fingerprint density at radius 2 is 2.38 bits per heavy atom. The van der Waals surface area contributed by atoms with Crippen LogP contribution in [0.15, 0.2) is 11.8 Å². The zero-order valence-corrected chi connectivity index (χ0v) is 9.09. The quantitative estimate of drug-likeness (QED) is 0.570. The third-order valence-electron chi connectivity index (χ3n) is 2.86. The third-order valence-corrected chi connectivity index (χ3v) is 2.86. The number of nitrogens with zero attached hydrogens (tertiary/aromatic N) is 1. The average molecular weight is 228 g/mol. The Balaban J connectivity index is 2.07. The molecule has 0 aromatic heterocycles. The lowest BCUT2D eigenvalue weighted by atomic mass is 10.2. The maximum Gasteiger partial charge on any atom is 0.251 e. The highest BCUT2D eigenvalue weighted by Gasteiger charge is 2.34. The molecule has 90 valence electrons. The zero-order valence-electron chi connectivity index (χ0n) is 9.09. The van der Waals surface area contributed by atoms with E-state index < -0.39 is 6.35 Å². The van der Waals surface area contributed by atoms with Crippen molar-refractivity contribution in [2.45, 2.75) is 38.4 Å². The van der Waals surface area contributed by atoms with E-state index in [0.717, 1.165) is 12.8 Å². The van der Waals surface area contributed by atoms with Crippen molar-refractivity contribution in [3.05, 3.63) is 11.8 Å². The van der Waals surface area contributed by atoms with Crippen molar-refractivity contribution in [1.82, 2.24) is 10.2 Å². The van der Waals surface area contributed by atoms with Gasteiger partial charge in [-0.25, -0.2) is 0 Å². The number of hydrogen-bond donors (Lipinski definition) is 3. The van der Waals surface area contributed by atoms with Gasteiger partial charge in [-0.2, -0.15) is 0 Å². The second-order valence-electron chi connectivity index (χ2n) is 4.08. The van der Waals surface area contributed by atoms with Gasteiger partial charge < -0.3 is 25.2 Å². The molecular formula is C10H16N2O4. The number of amides is 1. The number of aliphatic hydroxyl groups excluding tert-OH is 2. The van der Waals surface area contributed by atoms with E-state index >= 15 is 0 Å². The highest BCUT2D eigenvalue weighted by atomic mass is 16.5. The second-order valence-corrected chi connectivity index (χ2v) is 4.08. The Hall–Kier alpha value is -1.11. The van der Waals surface area contributed by atoms with Crippen LogP contribution in [0.3, 0.4) is 0 Å². The summed E-state index contributed by atoms with van der Waals surface area (Å²) in [5.41, 5.74) is 0.529. The molecule has 3 atom stereocenters. The summed E-state index contributed by atoms with van der Waals surface area (Å²) >= 11 is 0. The minimum Gasteiger partial charge on any atom is -0.394 e. The number of rotatable bonds is 2. The zero-order chi connectivity index (χ0) is 11.7. The molecule has 6 nitrogen and oxygen atoms in total. The number of carbonyl (C=O) groups excluding carboxylic acids is 1. The minimum absolute atomic E-state index is 0.0184. The van der Waals surface area contributed by atoms with E-state index in [9.17, 15) is 9.90 Å². The van der Waals surface area contributed by atoms with E-state index in [4.69, 9.17) is 9.84 Å². The van der Waals surface area contributed by atoms with Gasteiger partial charge in [0.2, 0.25) is 6.35 Å². The van der Waals surface area contributed by atoms with Gasteiger partial charge >= 0.3 is 0 Å². The summed E-state index contributed by atoms with van der Waals surface area (Å²) in [4.78, 5) is 12.8. The van der Waals surface area contributed by atoms with Gasteiger partial charge in [-0.05, 0) is 19.8 Å². The number of hydrogen-bond acceptors (Lipinski definition) is 5. The summed E-state index contributed by atoms with van der Waals surface area (Å²) in [5, 5.41) is 21.1. The van der Waals surface area contributed by atoms with Crippen LogP contribution in [0, 0.1) is 0 Å². The fourth-order valence-corrected chi connectivity index (χ4v) is 1.94. The van der Waals surface area contributed by atoms with Crippen LogP contribution < -0.4 is 5.32 Å². The van der Waals surface area contributed by atoms with Crippen molar-refractivity contribution < 1.29 is 19.7 Å². The first-order chi connectivity index (χ1) is 7.61. The van der Waals surface area contributed by atoms with E-state index in [2.05, 4.69) is 5.32 Å². The maximum absolute atomic E-state index is 11.2. The van der Waals surface area contributed by atoms with Crippen molar-refractivity contribution in [1.29, 1.82) is 0 Å². The van der Waals surface area contributed by atoms with Gasteiger partial charge in [0, 0.05) is 11.8 Å². The monoisotopic (exact) mass is 228 g/mol. The summed E-state index contributed by atoms with van der Waals surface area (Å²) in [5.74, 6) is -0.277. The Labute approximate surface area is 93.5 Å². The van der Waals surface area contributed by atoms with Crippen LogP contribution in [0.5, 0.6) is 0 Å². The molecule has 1 saturated heterocycles. The molecule has 0 aromatic rings. The summed E-state index contributed by atoms with van der Waals surface area (Å²) < 4.78 is 5.52. The molecule has 2 aliphatic heterocycles. The highest BCUT2D eigenvalue weighted by molar-refractivity contribution is 5.93. The van der Waals surface area contributed by atoms with Gasteiger partial charge in [-0.3, -0.25) is 4.79 Å². The molecule has 2 heterocycles. The maximum atomic E-state index is 11.2. The molecular weight excluding hydrogens is 212 g/mol. The smallest absolute Gasteiger partial charge is 0.251 e. The largest absolute Gasteiger partial charge is 0.394 e. The normalized spacial score (nSPS) is 34.9. The van der Waals surface area contributed by atoms with E-state index in [1.54, 1.807) is 18.0 Å². The van der Waals surface area contributed by atoms with Crippen molar-refractivity contribution in [2.24, 2.45) is 0 Å². The van der Waals surface area contributed by atoms with Gasteiger partial charge in [0.1, 0.15) is 6.23 Å². The number of carbonyl (C=O) groups is 1. The molecule has 3 N–H and O–H groups in total. The molecule has 2 aliphatic rings. The summed E-state index contributed by atoms with van der Waals surface area (Å²) in [7, 11) is 0. The van der Waals surface area contributed by atoms with Gasteiger partial charge in [0.15, 0.2) is 0 Å². The second kappa shape index (κ2) is 4.40. The van der Waals surface area contributed by atoms with Crippen LogP contribution in [0.4, 0.5) is 0 Å². The molecule has 16 heavy (non-hydrogen) atoms. The first-order valence-electron chi connectivity index (χ1n) is 5.33. The summed E-state index contributed by atoms with van der Waals surface area (Å²) in [6.07, 6.45) is 1.55. The number of ether oxygens (including phenoxy) is 1. The number of nitrogens with one attached hydrogen (secondary N) is 1. The molecule has 1 fully saturated rings. The molecule has 0 aromatic carbocycles. The molecule has 0 aliphatic carbocycles. The third kappa shape index (κ3) is 2.04. The van der Waals surface area contributed by atoms with Crippen LogP contribution in [-0.4, -0.2) is 46.3 Å². The van der Waals surface area contributed by atoms with Crippen LogP contribution in [0.2, 0.25) is 0 Å². The SMILES string of the molecule is CC1=CN(C2CCC(CO)O2)C(O)NC1=O. The van der Waals surface area contributed by atoms with Crippen molar-refractivity contribution in [3.8, 4) is 0 Å². The molecule has 3 unspecified atom stereocenters. The average Bonchev–Trinajstić information content (AvgIpc) is 2.71. The van der Waals surface area contributed by atoms with Gasteiger partial charge in [-0.1, -0.05) is 0 Å². The number of aliphatic hydroxyl groups is 2. The Morgan fingerprint density at radius 1 is 1.62 bits per heavy atom. The molecule has 0 bridgehead atoms. The first kappa shape index (κ1) is 11.4. The molecule has 0 saturated carbocycles. The van der Waals surface area contributed by atoms with Crippen LogP contribution >= 0.6 is 0 Å². The Morgan fingerprint density at radius 3 is 3.00 bits per heavy atom. The van der Waals surface area contributed by atoms with E-state index in [0.29, 0.717) is 5.57 Å². The molecule has 0 radical (unpaired) electrons. The van der Waals surface area contributed by atoms with Gasteiger partial charge in [0.25, 0.3) is 5.91 Å². The van der Waals surface area contributed by atoms with Crippen molar-refractivity contribution >= 4 is 5.91 Å². The highest BCUT2D eigenvalue weighted by Crippen LogP contribution is 2.25. The van der Waals surface area contributed by atoms with Crippen LogP contribution in [0.25, 0.3) is 0 Å². The topological polar surface area (TPSA) is 82.0 Å². The predicted molar refractivity (Wildman–Crippen MR) is 54.7 cm³/mol. The lowest BCUT2D eigenvalue weighted by Gasteiger charge is -2.35. The standard InChI is InChI=1S/C10H16N2O4/c1-6-4-12(10(15)11-9(6)14)8-3-2-7(5-13)16-8/h4,7-8,10,13,15H,2-3,5H2,1H3,(H,11,14). The van der Waals surface area contributed by atoms with Crippen molar-refractivity contribution in [2.75, 3.05) is 6.61 Å². The molecule has 6 heteroatoms. The Bertz CT molecular complexity index is 318. The first-order valence-corrected chi connectivity index (χ1v) is 5.33. The molecule has 0 spiro atoms. The Kier molecular flexibility index (Phi) is 3.13. The van der Waals surface area contributed by atoms with Gasteiger partial charge in [0.05, 0.1) is 12.7 Å². The van der Waals surface area contributed by atoms with Crippen molar-refractivity contribution in [3.63, 3.8) is 0 Å². The molecule has 1 amide bonds. The predicted octanol–water partition coefficient (Wildman–Crippen LogP) is -0.905. The fourth-order valence-electron chi connectivity index (χ4n) is 1.94. The summed E-state index contributed by atoms with van der Waals surface area (Å²) in [6.45, 7) is 1.65. The van der Waals surface area contributed by atoms with E-state index in [1.807, 2.05) is 0 Å². The minimum atomic E-state index is -1.06. The van der Waals surface area contributed by atoms with Crippen LogP contribution in [-0.2, 0) is 9.53 Å². The lowest BCUT2D eigenvalue weighted by molar-refractivity contribution is -0.142. The lowest BCUT2D eigenvalue weighted by Crippen LogP contribution is -2.53. The van der Waals surface area contributed by atoms with E-state index in [1.165, 1.54) is 0 Å². The molecule has 2 rings (SSSR count). The fraction of sp³-hybridized carbons (Fsp3) is 0.700. The summed E-state index contributed by atoms with van der Waals surface area (Å²) in [6, 6.07) is 0. The van der Waals surface area contributed by atoms with E-state index in [-0.39, 0.29) is 24.8 Å². The van der Waals surface area contributed by atoms with Gasteiger partial charge in [-0.15, -0.1) is 0 Å².